The van der Waals surface area contributed by atoms with Crippen LogP contribution in [-0.2, 0) is 10.2 Å². The van der Waals surface area contributed by atoms with Gasteiger partial charge in [-0.2, -0.15) is 12.7 Å². The van der Waals surface area contributed by atoms with Gasteiger partial charge in [0.2, 0.25) is 0 Å². The third-order valence-electron chi connectivity index (χ3n) is 1.59. The van der Waals surface area contributed by atoms with Crippen molar-refractivity contribution in [3.63, 3.8) is 0 Å². The quantitative estimate of drug-likeness (QED) is 0.621. The summed E-state index contributed by atoms with van der Waals surface area (Å²) in [6.07, 6.45) is 1.93. The number of nitrogens with zero attached hydrogens (tertiary/aromatic N) is 1. The van der Waals surface area contributed by atoms with Gasteiger partial charge in [0.05, 0.1) is 0 Å². The van der Waals surface area contributed by atoms with E-state index in [0.717, 1.165) is 12.8 Å². The van der Waals surface area contributed by atoms with Crippen LogP contribution in [0.25, 0.3) is 0 Å². The van der Waals surface area contributed by atoms with Gasteiger partial charge in [-0.25, -0.2) is 5.14 Å². The van der Waals surface area contributed by atoms with Gasteiger partial charge in [-0.15, -0.1) is 0 Å². The number of rotatable bonds is 3. The van der Waals surface area contributed by atoms with Gasteiger partial charge >= 0.3 is 0 Å². The van der Waals surface area contributed by atoms with Crippen LogP contribution < -0.4 is 5.14 Å². The van der Waals surface area contributed by atoms with Gasteiger partial charge in [-0.05, 0) is 12.8 Å². The van der Waals surface area contributed by atoms with E-state index in [1.54, 1.807) is 6.92 Å². The molecule has 0 bridgehead atoms. The minimum absolute atomic E-state index is 0.194. The average molecular weight is 164 g/mol. The third kappa shape index (κ3) is 1.68. The molecule has 1 fully saturated rings. The molecule has 60 valence electrons. The first-order valence-corrected chi connectivity index (χ1v) is 4.85. The van der Waals surface area contributed by atoms with Crippen molar-refractivity contribution < 1.29 is 8.42 Å². The second-order valence-corrected chi connectivity index (χ2v) is 3.98. The smallest absolute Gasteiger partial charge is 0.216 e. The molecule has 0 aliphatic heterocycles. The molecule has 2 N–H and O–H groups in total. The molecule has 0 spiro atoms. The Balaban J connectivity index is 2.64. The van der Waals surface area contributed by atoms with Gasteiger partial charge in [-0.3, -0.25) is 0 Å². The fourth-order valence-electron chi connectivity index (χ4n) is 1.01. The lowest BCUT2D eigenvalue weighted by molar-refractivity contribution is 0.422. The van der Waals surface area contributed by atoms with Crippen molar-refractivity contribution in [1.82, 2.24) is 4.31 Å². The molecule has 0 atom stereocenters. The summed E-state index contributed by atoms with van der Waals surface area (Å²) in [5.74, 6) is 0. The van der Waals surface area contributed by atoms with Crippen molar-refractivity contribution in [1.29, 1.82) is 0 Å². The highest BCUT2D eigenvalue weighted by Gasteiger charge is 2.33. The van der Waals surface area contributed by atoms with E-state index in [-0.39, 0.29) is 6.04 Å². The minimum atomic E-state index is -3.42. The van der Waals surface area contributed by atoms with E-state index in [9.17, 15) is 8.42 Å². The predicted octanol–water partition coefficient (Wildman–Crippen LogP) is -0.326. The zero-order chi connectivity index (χ0) is 7.78. The molecule has 0 aromatic carbocycles. The molecule has 0 unspecified atom stereocenters. The molecular weight excluding hydrogens is 152 g/mol. The van der Waals surface area contributed by atoms with Gasteiger partial charge in [0.15, 0.2) is 0 Å². The molecule has 0 saturated heterocycles. The van der Waals surface area contributed by atoms with Crippen LogP contribution in [0.5, 0.6) is 0 Å². The molecule has 0 heterocycles. The van der Waals surface area contributed by atoms with Crippen molar-refractivity contribution in [3.8, 4) is 0 Å². The summed E-state index contributed by atoms with van der Waals surface area (Å²) in [5, 5.41) is 4.93. The molecular formula is C5H12N2O2S. The van der Waals surface area contributed by atoms with Gasteiger partial charge in [-0.1, -0.05) is 6.92 Å². The first-order chi connectivity index (χ1) is 4.55. The van der Waals surface area contributed by atoms with Crippen LogP contribution in [0, 0.1) is 0 Å². The number of nitrogens with two attached hydrogens (primary N) is 1. The summed E-state index contributed by atoms with van der Waals surface area (Å²) in [6.45, 7) is 2.28. The van der Waals surface area contributed by atoms with Gasteiger partial charge < -0.3 is 0 Å². The Morgan fingerprint density at radius 1 is 1.60 bits per heavy atom. The summed E-state index contributed by atoms with van der Waals surface area (Å²) in [7, 11) is -3.42. The third-order valence-corrected chi connectivity index (χ3v) is 2.80. The molecule has 0 aromatic rings. The maximum Gasteiger partial charge on any atom is 0.277 e. The minimum Gasteiger partial charge on any atom is -0.216 e. The standard InChI is InChI=1S/C5H12N2O2S/c1-2-7(5-3-4-5)10(6,8)9/h5H,2-4H2,1H3,(H2,6,8,9). The van der Waals surface area contributed by atoms with Crippen LogP contribution in [0.1, 0.15) is 19.8 Å². The largest absolute Gasteiger partial charge is 0.277 e. The van der Waals surface area contributed by atoms with Crippen LogP contribution in [-0.4, -0.2) is 25.3 Å². The summed E-state index contributed by atoms with van der Waals surface area (Å²) in [4.78, 5) is 0. The van der Waals surface area contributed by atoms with E-state index < -0.39 is 10.2 Å². The summed E-state index contributed by atoms with van der Waals surface area (Å²) < 4.78 is 22.8. The molecule has 1 saturated carbocycles. The molecule has 1 aliphatic rings. The molecule has 0 radical (unpaired) electrons. The molecule has 1 aliphatic carbocycles. The lowest BCUT2D eigenvalue weighted by atomic mass is 10.6. The zero-order valence-corrected chi connectivity index (χ0v) is 6.76. The summed E-state index contributed by atoms with van der Waals surface area (Å²) >= 11 is 0. The SMILES string of the molecule is CCN(C1CC1)S(N)(=O)=O. The highest BCUT2D eigenvalue weighted by Crippen LogP contribution is 2.27. The molecule has 4 nitrogen and oxygen atoms in total. The second-order valence-electron chi connectivity index (χ2n) is 2.48. The van der Waals surface area contributed by atoms with Crippen molar-refractivity contribution >= 4 is 10.2 Å². The van der Waals surface area contributed by atoms with E-state index in [0.29, 0.717) is 6.54 Å². The molecule has 1 rings (SSSR count). The highest BCUT2D eigenvalue weighted by atomic mass is 32.2. The maximum absolute atomic E-state index is 10.7. The second kappa shape index (κ2) is 2.48. The molecule has 0 aromatic heterocycles. The van der Waals surface area contributed by atoms with Crippen molar-refractivity contribution in [2.75, 3.05) is 6.54 Å². The first kappa shape index (κ1) is 7.97. The monoisotopic (exact) mass is 164 g/mol. The van der Waals surface area contributed by atoms with E-state index in [1.807, 2.05) is 0 Å². The summed E-state index contributed by atoms with van der Waals surface area (Å²) in [5.41, 5.74) is 0. The van der Waals surface area contributed by atoms with Gasteiger partial charge in [0.1, 0.15) is 0 Å². The zero-order valence-electron chi connectivity index (χ0n) is 5.95. The first-order valence-electron chi connectivity index (χ1n) is 3.35. The van der Waals surface area contributed by atoms with Crippen LogP contribution in [0.15, 0.2) is 0 Å². The lowest BCUT2D eigenvalue weighted by Gasteiger charge is -2.15. The average Bonchev–Trinajstić information content (AvgIpc) is 2.46. The van der Waals surface area contributed by atoms with Gasteiger partial charge in [0.25, 0.3) is 10.2 Å². The van der Waals surface area contributed by atoms with E-state index in [4.69, 9.17) is 5.14 Å². The Bertz CT molecular complexity index is 208. The molecule has 10 heavy (non-hydrogen) atoms. The van der Waals surface area contributed by atoms with Crippen molar-refractivity contribution in [2.45, 2.75) is 25.8 Å². The molecule has 0 amide bonds. The van der Waals surface area contributed by atoms with Crippen LogP contribution >= 0.6 is 0 Å². The van der Waals surface area contributed by atoms with Crippen LogP contribution in [0.2, 0.25) is 0 Å². The predicted molar refractivity (Wildman–Crippen MR) is 38.5 cm³/mol. The Labute approximate surface area is 61.2 Å². The highest BCUT2D eigenvalue weighted by molar-refractivity contribution is 7.86. The van der Waals surface area contributed by atoms with E-state index in [2.05, 4.69) is 0 Å². The van der Waals surface area contributed by atoms with Crippen LogP contribution in [0.3, 0.4) is 0 Å². The summed E-state index contributed by atoms with van der Waals surface area (Å²) in [6, 6.07) is 0.194. The Hall–Kier alpha value is -0.130. The van der Waals surface area contributed by atoms with Gasteiger partial charge in [0, 0.05) is 12.6 Å². The lowest BCUT2D eigenvalue weighted by Crippen LogP contribution is -2.38. The van der Waals surface area contributed by atoms with E-state index >= 15 is 0 Å². The Morgan fingerprint density at radius 2 is 2.10 bits per heavy atom. The fraction of sp³-hybridized carbons (Fsp3) is 1.00. The fourth-order valence-corrected chi connectivity index (χ4v) is 1.99. The van der Waals surface area contributed by atoms with Crippen molar-refractivity contribution in [3.05, 3.63) is 0 Å². The Morgan fingerprint density at radius 3 is 2.20 bits per heavy atom. The maximum atomic E-state index is 10.7. The van der Waals surface area contributed by atoms with Crippen LogP contribution in [0.4, 0.5) is 0 Å². The number of hydrogen-bond acceptors (Lipinski definition) is 2. The van der Waals surface area contributed by atoms with Crippen molar-refractivity contribution in [2.24, 2.45) is 5.14 Å². The molecule has 5 heteroatoms. The normalized spacial score (nSPS) is 19.9. The Kier molecular flexibility index (Phi) is 1.98. The van der Waals surface area contributed by atoms with E-state index in [1.165, 1.54) is 4.31 Å². The number of hydrogen-bond donors (Lipinski definition) is 1. The topological polar surface area (TPSA) is 63.4 Å².